The van der Waals surface area contributed by atoms with Gasteiger partial charge in [0.25, 0.3) is 0 Å². The molecule has 0 aromatic carbocycles. The van der Waals surface area contributed by atoms with Crippen LogP contribution in [0.2, 0.25) is 0 Å². The first-order chi connectivity index (χ1) is 7.61. The third-order valence-corrected chi connectivity index (χ3v) is 3.23. The van der Waals surface area contributed by atoms with E-state index < -0.39 is 5.97 Å². The minimum atomic E-state index is -0.804. The first-order valence-corrected chi connectivity index (χ1v) is 6.39. The largest absolute Gasteiger partial charge is 0.481 e. The van der Waals surface area contributed by atoms with E-state index in [9.17, 15) is 14.4 Å². The van der Waals surface area contributed by atoms with Crippen molar-refractivity contribution in [3.8, 4) is 0 Å². The van der Waals surface area contributed by atoms with Crippen molar-refractivity contribution in [3.63, 3.8) is 0 Å². The number of rotatable bonds is 6. The highest BCUT2D eigenvalue weighted by Crippen LogP contribution is 2.13. The van der Waals surface area contributed by atoms with E-state index in [-0.39, 0.29) is 18.2 Å². The Morgan fingerprint density at radius 1 is 1.19 bits per heavy atom. The van der Waals surface area contributed by atoms with Gasteiger partial charge in [0.15, 0.2) is 0 Å². The Morgan fingerprint density at radius 2 is 1.81 bits per heavy atom. The molecule has 6 heteroatoms. The number of carbonyl (C=O) groups is 3. The van der Waals surface area contributed by atoms with Crippen molar-refractivity contribution in [3.05, 3.63) is 0 Å². The summed E-state index contributed by atoms with van der Waals surface area (Å²) in [6, 6.07) is 0. The molecule has 1 fully saturated rings. The highest BCUT2D eigenvalue weighted by Gasteiger charge is 2.25. The predicted molar refractivity (Wildman–Crippen MR) is 60.1 cm³/mol. The Bertz CT molecular complexity index is 277. The monoisotopic (exact) mass is 245 g/mol. The molecule has 0 aromatic rings. The number of nitrogens with zero attached hydrogens (tertiary/aromatic N) is 1. The molecule has 1 saturated heterocycles. The molecule has 0 atom stereocenters. The number of imide groups is 1. The van der Waals surface area contributed by atoms with Gasteiger partial charge in [0, 0.05) is 13.0 Å². The average Bonchev–Trinajstić information content (AvgIpc) is 2.21. The van der Waals surface area contributed by atoms with Crippen LogP contribution in [-0.4, -0.2) is 45.8 Å². The van der Waals surface area contributed by atoms with E-state index >= 15 is 0 Å². The van der Waals surface area contributed by atoms with E-state index in [0.717, 1.165) is 6.42 Å². The van der Waals surface area contributed by atoms with Gasteiger partial charge in [-0.15, -0.1) is 11.8 Å². The molecule has 1 aliphatic heterocycles. The summed E-state index contributed by atoms with van der Waals surface area (Å²) >= 11 is 1.34. The van der Waals surface area contributed by atoms with Gasteiger partial charge in [-0.1, -0.05) is 6.42 Å². The van der Waals surface area contributed by atoms with Crippen LogP contribution in [0.4, 0.5) is 0 Å². The number of hydrogen-bond donors (Lipinski definition) is 1. The SMILES string of the molecule is O=C(O)CCCCCN1C(=O)CSCC1=O. The van der Waals surface area contributed by atoms with Gasteiger partial charge in [0.2, 0.25) is 11.8 Å². The number of carboxylic acid groups (broad SMARTS) is 1. The van der Waals surface area contributed by atoms with E-state index in [4.69, 9.17) is 5.11 Å². The zero-order valence-corrected chi connectivity index (χ0v) is 9.79. The lowest BCUT2D eigenvalue weighted by atomic mass is 10.2. The van der Waals surface area contributed by atoms with Crippen molar-refractivity contribution in [2.45, 2.75) is 25.7 Å². The van der Waals surface area contributed by atoms with Gasteiger partial charge in [-0.2, -0.15) is 0 Å². The average molecular weight is 245 g/mol. The predicted octanol–water partition coefficient (Wildman–Crippen LogP) is 0.733. The molecular formula is C10H15NO4S. The lowest BCUT2D eigenvalue weighted by Crippen LogP contribution is -2.43. The smallest absolute Gasteiger partial charge is 0.303 e. The summed E-state index contributed by atoms with van der Waals surface area (Å²) < 4.78 is 0. The maximum absolute atomic E-state index is 11.4. The zero-order valence-electron chi connectivity index (χ0n) is 8.98. The van der Waals surface area contributed by atoms with Crippen LogP contribution in [0.25, 0.3) is 0 Å². The van der Waals surface area contributed by atoms with Crippen molar-refractivity contribution in [2.24, 2.45) is 0 Å². The number of carboxylic acids is 1. The highest BCUT2D eigenvalue weighted by molar-refractivity contribution is 8.00. The summed E-state index contributed by atoms with van der Waals surface area (Å²) in [7, 11) is 0. The fourth-order valence-corrected chi connectivity index (χ4v) is 2.26. The van der Waals surface area contributed by atoms with E-state index in [1.54, 1.807) is 0 Å². The van der Waals surface area contributed by atoms with Crippen molar-refractivity contribution in [1.82, 2.24) is 4.90 Å². The maximum Gasteiger partial charge on any atom is 0.303 e. The van der Waals surface area contributed by atoms with Crippen LogP contribution in [-0.2, 0) is 14.4 Å². The first-order valence-electron chi connectivity index (χ1n) is 5.24. The molecule has 2 amide bonds. The molecule has 0 unspecified atom stereocenters. The Morgan fingerprint density at radius 3 is 2.38 bits per heavy atom. The summed E-state index contributed by atoms with van der Waals surface area (Å²) in [6.07, 6.45) is 2.17. The molecule has 16 heavy (non-hydrogen) atoms. The summed E-state index contributed by atoms with van der Waals surface area (Å²) in [5, 5.41) is 8.42. The number of hydrogen-bond acceptors (Lipinski definition) is 4. The Labute approximate surface area is 98.2 Å². The molecule has 0 saturated carbocycles. The van der Waals surface area contributed by atoms with Gasteiger partial charge in [0.05, 0.1) is 11.5 Å². The minimum Gasteiger partial charge on any atom is -0.481 e. The maximum atomic E-state index is 11.4. The highest BCUT2D eigenvalue weighted by atomic mass is 32.2. The van der Waals surface area contributed by atoms with Crippen LogP contribution >= 0.6 is 11.8 Å². The standard InChI is InChI=1S/C10H15NO4S/c12-8-6-16-7-9(13)11(8)5-3-1-2-4-10(14)15/h1-7H2,(H,14,15). The van der Waals surface area contributed by atoms with Crippen LogP contribution in [0.3, 0.4) is 0 Å². The van der Waals surface area contributed by atoms with Gasteiger partial charge in [0.1, 0.15) is 0 Å². The van der Waals surface area contributed by atoms with Gasteiger partial charge in [-0.05, 0) is 12.8 Å². The summed E-state index contributed by atoms with van der Waals surface area (Å²) in [4.78, 5) is 34.3. The van der Waals surface area contributed by atoms with Crippen LogP contribution < -0.4 is 0 Å². The Kier molecular flexibility index (Phi) is 5.31. The topological polar surface area (TPSA) is 74.7 Å². The molecule has 1 rings (SSSR count). The quantitative estimate of drug-likeness (QED) is 0.551. The number of aliphatic carboxylic acids is 1. The van der Waals surface area contributed by atoms with Gasteiger partial charge in [-0.3, -0.25) is 19.3 Å². The van der Waals surface area contributed by atoms with Crippen LogP contribution in [0.15, 0.2) is 0 Å². The van der Waals surface area contributed by atoms with E-state index in [1.807, 2.05) is 0 Å². The summed E-state index contributed by atoms with van der Waals surface area (Å²) in [6.45, 7) is 0.428. The first kappa shape index (κ1) is 13.0. The Balaban J connectivity index is 2.18. The minimum absolute atomic E-state index is 0.125. The molecule has 0 aromatic heterocycles. The normalized spacial score (nSPS) is 16.6. The lowest BCUT2D eigenvalue weighted by molar-refractivity contribution is -0.142. The zero-order chi connectivity index (χ0) is 12.0. The third kappa shape index (κ3) is 4.22. The van der Waals surface area contributed by atoms with Gasteiger partial charge >= 0.3 is 5.97 Å². The molecule has 90 valence electrons. The summed E-state index contributed by atoms with van der Waals surface area (Å²) in [5.74, 6) is -0.303. The van der Waals surface area contributed by atoms with E-state index in [0.29, 0.717) is 30.9 Å². The van der Waals surface area contributed by atoms with Crippen LogP contribution in [0, 0.1) is 0 Å². The number of carbonyl (C=O) groups excluding carboxylic acids is 2. The number of thioether (sulfide) groups is 1. The third-order valence-electron chi connectivity index (χ3n) is 2.33. The second-order valence-corrected chi connectivity index (χ2v) is 4.62. The molecule has 1 aliphatic rings. The van der Waals surface area contributed by atoms with Crippen molar-refractivity contribution in [2.75, 3.05) is 18.1 Å². The summed E-state index contributed by atoms with van der Waals surface area (Å²) in [5.41, 5.74) is 0. The molecule has 0 spiro atoms. The van der Waals surface area contributed by atoms with Gasteiger partial charge < -0.3 is 5.11 Å². The number of unbranched alkanes of at least 4 members (excludes halogenated alkanes) is 2. The fraction of sp³-hybridized carbons (Fsp3) is 0.700. The second kappa shape index (κ2) is 6.52. The van der Waals surface area contributed by atoms with Crippen molar-refractivity contribution >= 4 is 29.5 Å². The second-order valence-electron chi connectivity index (χ2n) is 3.64. The van der Waals surface area contributed by atoms with Crippen molar-refractivity contribution in [1.29, 1.82) is 0 Å². The van der Waals surface area contributed by atoms with Gasteiger partial charge in [-0.25, -0.2) is 0 Å². The molecule has 1 heterocycles. The fourth-order valence-electron chi connectivity index (χ4n) is 1.49. The lowest BCUT2D eigenvalue weighted by Gasteiger charge is -2.24. The molecule has 5 nitrogen and oxygen atoms in total. The molecule has 0 bridgehead atoms. The Hall–Kier alpha value is -1.04. The molecule has 1 N–H and O–H groups in total. The molecule has 0 radical (unpaired) electrons. The van der Waals surface area contributed by atoms with Crippen LogP contribution in [0.1, 0.15) is 25.7 Å². The van der Waals surface area contributed by atoms with Crippen LogP contribution in [0.5, 0.6) is 0 Å². The molecular weight excluding hydrogens is 230 g/mol. The van der Waals surface area contributed by atoms with E-state index in [2.05, 4.69) is 0 Å². The van der Waals surface area contributed by atoms with E-state index in [1.165, 1.54) is 16.7 Å². The van der Waals surface area contributed by atoms with Crippen molar-refractivity contribution < 1.29 is 19.5 Å². The molecule has 0 aliphatic carbocycles. The number of amides is 2.